The third-order valence-electron chi connectivity index (χ3n) is 4.46. The average Bonchev–Trinajstić information content (AvgIpc) is 3.02. The van der Waals surface area contributed by atoms with Crippen LogP contribution in [0.5, 0.6) is 0 Å². The van der Waals surface area contributed by atoms with Gasteiger partial charge in [-0.2, -0.15) is 17.5 Å². The summed E-state index contributed by atoms with van der Waals surface area (Å²) in [6.45, 7) is 6.64. The number of imidazole rings is 1. The van der Waals surface area contributed by atoms with Gasteiger partial charge in [-0.25, -0.2) is 13.4 Å². The highest BCUT2D eigenvalue weighted by molar-refractivity contribution is 8.00. The maximum absolute atomic E-state index is 12.8. The molecule has 0 aliphatic carbocycles. The van der Waals surface area contributed by atoms with Crippen LogP contribution in [-0.4, -0.2) is 59.2 Å². The highest BCUT2D eigenvalue weighted by Gasteiger charge is 2.29. The number of aryl methyl sites for hydroxylation is 1. The second-order valence-corrected chi connectivity index (χ2v) is 9.72. The van der Waals surface area contributed by atoms with Crippen molar-refractivity contribution in [2.75, 3.05) is 19.6 Å². The van der Waals surface area contributed by atoms with E-state index in [9.17, 15) is 26.4 Å². The number of nitrogens with one attached hydrogen (secondary N) is 1. The number of benzene rings is 1. The lowest BCUT2D eigenvalue weighted by atomic mass is 10.3. The smallest absolute Gasteiger partial charge is 0.346 e. The molecule has 1 aromatic heterocycles. The van der Waals surface area contributed by atoms with Crippen LogP contribution in [0.2, 0.25) is 0 Å². The van der Waals surface area contributed by atoms with E-state index in [1.165, 1.54) is 23.4 Å². The first-order valence-corrected chi connectivity index (χ1v) is 11.8. The van der Waals surface area contributed by atoms with Crippen LogP contribution in [0, 0.1) is 0 Å². The Morgan fingerprint density at radius 1 is 1.27 bits per heavy atom. The summed E-state index contributed by atoms with van der Waals surface area (Å²) in [5, 5.41) is 1.48. The van der Waals surface area contributed by atoms with Crippen molar-refractivity contribution in [1.29, 1.82) is 0 Å². The number of carbonyl (C=O) groups excluding carboxylic acids is 1. The summed E-state index contributed by atoms with van der Waals surface area (Å²) in [4.78, 5) is 16.5. The summed E-state index contributed by atoms with van der Waals surface area (Å²) in [6.07, 6.45) is -4.48. The van der Waals surface area contributed by atoms with Gasteiger partial charge in [0.2, 0.25) is 15.9 Å². The molecule has 1 unspecified atom stereocenters. The molecule has 2 aromatic rings. The Bertz CT molecular complexity index is 1000. The number of nitrogens with zero attached hydrogens (tertiary/aromatic N) is 3. The predicted octanol–water partition coefficient (Wildman–Crippen LogP) is 3.25. The molecule has 0 spiro atoms. The van der Waals surface area contributed by atoms with Gasteiger partial charge in [0.15, 0.2) is 5.16 Å². The zero-order valence-corrected chi connectivity index (χ0v) is 18.8. The average molecular weight is 467 g/mol. The van der Waals surface area contributed by atoms with Crippen LogP contribution >= 0.6 is 11.8 Å². The molecule has 0 fully saturated rings. The lowest BCUT2D eigenvalue weighted by Gasteiger charge is -2.18. The third kappa shape index (κ3) is 5.46. The number of hydrogen-bond donors (Lipinski definition) is 1. The minimum atomic E-state index is -4.48. The van der Waals surface area contributed by atoms with Gasteiger partial charge in [0.1, 0.15) is 6.54 Å². The van der Waals surface area contributed by atoms with E-state index >= 15 is 0 Å². The minimum absolute atomic E-state index is 0.118. The molecule has 0 aliphatic rings. The first kappa shape index (κ1) is 24.5. The van der Waals surface area contributed by atoms with Crippen LogP contribution in [0.25, 0.3) is 11.0 Å². The molecule has 1 heterocycles. The quantitative estimate of drug-likeness (QED) is 0.574. The highest BCUT2D eigenvalue weighted by atomic mass is 32.2. The van der Waals surface area contributed by atoms with Crippen molar-refractivity contribution < 1.29 is 26.4 Å². The van der Waals surface area contributed by atoms with Gasteiger partial charge in [0.05, 0.1) is 21.2 Å². The van der Waals surface area contributed by atoms with Gasteiger partial charge in [0.25, 0.3) is 0 Å². The van der Waals surface area contributed by atoms with E-state index in [0.29, 0.717) is 35.8 Å². The molecular weight excluding hydrogens is 441 g/mol. The Morgan fingerprint density at radius 2 is 1.90 bits per heavy atom. The van der Waals surface area contributed by atoms with E-state index in [1.807, 2.05) is 12.2 Å². The van der Waals surface area contributed by atoms with Gasteiger partial charge in [-0.15, -0.1) is 0 Å². The number of aromatic nitrogens is 2. The standard InChI is InChI=1S/C18H25F3N4O3S2/c1-5-24(6-2)30(27,28)13-8-9-15-14(10-13)23-17(25(15)7-3)29-12(4)16(26)22-11-18(19,20)21/h8-10,12H,5-7,11H2,1-4H3,(H,22,26). The molecule has 1 atom stereocenters. The van der Waals surface area contributed by atoms with Crippen molar-refractivity contribution in [2.45, 2.75) is 55.7 Å². The number of amides is 1. The fraction of sp³-hybridized carbons (Fsp3) is 0.556. The van der Waals surface area contributed by atoms with E-state index in [-0.39, 0.29) is 4.90 Å². The molecule has 0 bridgehead atoms. The van der Waals surface area contributed by atoms with E-state index in [4.69, 9.17) is 0 Å². The normalized spacial score (nSPS) is 13.7. The fourth-order valence-electron chi connectivity index (χ4n) is 2.90. The maximum atomic E-state index is 12.8. The Labute approximate surface area is 178 Å². The topological polar surface area (TPSA) is 84.3 Å². The molecule has 12 heteroatoms. The van der Waals surface area contributed by atoms with Crippen molar-refractivity contribution in [3.63, 3.8) is 0 Å². The summed E-state index contributed by atoms with van der Waals surface area (Å²) >= 11 is 1.02. The van der Waals surface area contributed by atoms with Crippen molar-refractivity contribution in [3.05, 3.63) is 18.2 Å². The van der Waals surface area contributed by atoms with E-state index in [0.717, 1.165) is 11.8 Å². The van der Waals surface area contributed by atoms with Crippen molar-refractivity contribution in [2.24, 2.45) is 0 Å². The van der Waals surface area contributed by atoms with Crippen molar-refractivity contribution in [1.82, 2.24) is 19.2 Å². The Balaban J connectivity index is 2.33. The molecule has 0 saturated carbocycles. The van der Waals surface area contributed by atoms with Gasteiger partial charge in [0, 0.05) is 19.6 Å². The number of halogens is 3. The van der Waals surface area contributed by atoms with Crippen LogP contribution in [0.4, 0.5) is 13.2 Å². The Morgan fingerprint density at radius 3 is 2.43 bits per heavy atom. The second-order valence-electron chi connectivity index (χ2n) is 6.47. The van der Waals surface area contributed by atoms with Crippen LogP contribution < -0.4 is 5.32 Å². The van der Waals surface area contributed by atoms with Gasteiger partial charge in [-0.1, -0.05) is 25.6 Å². The Hall–Kier alpha value is -1.79. The molecule has 1 aromatic carbocycles. The number of alkyl halides is 3. The lowest BCUT2D eigenvalue weighted by molar-refractivity contribution is -0.137. The first-order valence-electron chi connectivity index (χ1n) is 9.46. The third-order valence-corrected chi connectivity index (χ3v) is 7.59. The molecule has 1 amide bonds. The molecule has 168 valence electrons. The van der Waals surface area contributed by atoms with Crippen LogP contribution in [0.1, 0.15) is 27.7 Å². The monoisotopic (exact) mass is 466 g/mol. The van der Waals surface area contributed by atoms with Crippen molar-refractivity contribution >= 4 is 38.7 Å². The lowest BCUT2D eigenvalue weighted by Crippen LogP contribution is -2.38. The maximum Gasteiger partial charge on any atom is 0.405 e. The molecule has 7 nitrogen and oxygen atoms in total. The molecular formula is C18H25F3N4O3S2. The molecule has 1 N–H and O–H groups in total. The molecule has 2 rings (SSSR count). The zero-order valence-electron chi connectivity index (χ0n) is 17.2. The molecule has 0 radical (unpaired) electrons. The van der Waals surface area contributed by atoms with Crippen molar-refractivity contribution in [3.8, 4) is 0 Å². The van der Waals surface area contributed by atoms with Crippen LogP contribution in [0.3, 0.4) is 0 Å². The number of hydrogen-bond acceptors (Lipinski definition) is 5. The van der Waals surface area contributed by atoms with E-state index in [2.05, 4.69) is 4.98 Å². The minimum Gasteiger partial charge on any atom is -0.346 e. The van der Waals surface area contributed by atoms with Gasteiger partial charge in [-0.3, -0.25) is 4.79 Å². The van der Waals surface area contributed by atoms with E-state index in [1.54, 1.807) is 24.5 Å². The number of sulfonamides is 1. The first-order chi connectivity index (χ1) is 13.9. The molecule has 0 aliphatic heterocycles. The summed E-state index contributed by atoms with van der Waals surface area (Å²) < 4.78 is 65.6. The second kappa shape index (κ2) is 9.56. The largest absolute Gasteiger partial charge is 0.405 e. The summed E-state index contributed by atoms with van der Waals surface area (Å²) in [5.41, 5.74) is 1.12. The zero-order chi connectivity index (χ0) is 22.7. The van der Waals surface area contributed by atoms with Gasteiger partial charge < -0.3 is 9.88 Å². The van der Waals surface area contributed by atoms with Gasteiger partial charge in [-0.05, 0) is 32.0 Å². The fourth-order valence-corrected chi connectivity index (χ4v) is 5.39. The number of fused-ring (bicyclic) bond motifs is 1. The highest BCUT2D eigenvalue weighted by Crippen LogP contribution is 2.29. The predicted molar refractivity (Wildman–Crippen MR) is 110 cm³/mol. The van der Waals surface area contributed by atoms with E-state index < -0.39 is 33.9 Å². The Kier molecular flexibility index (Phi) is 7.80. The number of thioether (sulfide) groups is 1. The number of carbonyl (C=O) groups is 1. The summed E-state index contributed by atoms with van der Waals surface area (Å²) in [6, 6.07) is 4.64. The summed E-state index contributed by atoms with van der Waals surface area (Å²) in [5.74, 6) is -0.753. The molecule has 30 heavy (non-hydrogen) atoms. The van der Waals surface area contributed by atoms with Crippen LogP contribution in [0.15, 0.2) is 28.3 Å². The van der Waals surface area contributed by atoms with Gasteiger partial charge >= 0.3 is 6.18 Å². The summed E-state index contributed by atoms with van der Waals surface area (Å²) in [7, 11) is -3.65. The SMILES string of the molecule is CCN(CC)S(=O)(=O)c1ccc2c(c1)nc(SC(C)C(=O)NCC(F)(F)F)n2CC. The molecule has 0 saturated heterocycles. The number of rotatable bonds is 9. The van der Waals surface area contributed by atoms with Crippen LogP contribution in [-0.2, 0) is 21.4 Å².